The van der Waals surface area contributed by atoms with Crippen LogP contribution in [0.15, 0.2) is 36.4 Å². The lowest BCUT2D eigenvalue weighted by Crippen LogP contribution is -2.49. The molecular formula is C27H28Cl2F2N4O7. The Hall–Kier alpha value is -3.68. The monoisotopic (exact) mass is 628 g/mol. The molecule has 0 bridgehead atoms. The van der Waals surface area contributed by atoms with Crippen LogP contribution in [0.5, 0.6) is 0 Å². The van der Waals surface area contributed by atoms with E-state index in [0.29, 0.717) is 54.5 Å². The van der Waals surface area contributed by atoms with E-state index >= 15 is 0 Å². The van der Waals surface area contributed by atoms with Gasteiger partial charge < -0.3 is 24.4 Å². The van der Waals surface area contributed by atoms with Gasteiger partial charge in [-0.05, 0) is 48.9 Å². The predicted molar refractivity (Wildman–Crippen MR) is 147 cm³/mol. The highest BCUT2D eigenvalue weighted by Crippen LogP contribution is 2.44. The third-order valence-electron chi connectivity index (χ3n) is 7.52. The second-order valence-electron chi connectivity index (χ2n) is 9.94. The fourth-order valence-electron chi connectivity index (χ4n) is 5.46. The lowest BCUT2D eigenvalue weighted by atomic mass is 9.82. The first-order chi connectivity index (χ1) is 19.6. The van der Waals surface area contributed by atoms with E-state index < -0.39 is 53.6 Å². The number of piperidine rings is 1. The summed E-state index contributed by atoms with van der Waals surface area (Å²) in [5.41, 5.74) is 0.742. The Labute approximate surface area is 250 Å². The SMILES string of the molecule is COC(=O)[C@H]1OC(=O)N(C(=O)NCCCN2CCC3(CC2)OC(=O)Nc2ccc(Cl)cc23)[C@H]1c1ccc(F)c(F)c1.Cl. The number of esters is 1. The zero-order valence-electron chi connectivity index (χ0n) is 22.4. The van der Waals surface area contributed by atoms with E-state index in [2.05, 4.69) is 20.3 Å². The molecule has 2 aromatic carbocycles. The van der Waals surface area contributed by atoms with E-state index in [4.69, 9.17) is 21.1 Å². The van der Waals surface area contributed by atoms with Gasteiger partial charge in [0, 0.05) is 43.1 Å². The van der Waals surface area contributed by atoms with Gasteiger partial charge in [-0.15, -0.1) is 12.4 Å². The van der Waals surface area contributed by atoms with Crippen molar-refractivity contribution in [1.82, 2.24) is 15.1 Å². The van der Waals surface area contributed by atoms with Crippen molar-refractivity contribution in [3.8, 4) is 0 Å². The third-order valence-corrected chi connectivity index (χ3v) is 7.75. The van der Waals surface area contributed by atoms with Crippen molar-refractivity contribution >= 4 is 53.9 Å². The van der Waals surface area contributed by atoms with Crippen molar-refractivity contribution in [2.75, 3.05) is 38.6 Å². The fraction of sp³-hybridized carbons (Fsp3) is 0.407. The van der Waals surface area contributed by atoms with E-state index in [1.54, 1.807) is 12.1 Å². The Morgan fingerprint density at radius 2 is 1.88 bits per heavy atom. The number of nitrogens with one attached hydrogen (secondary N) is 2. The molecule has 4 amide bonds. The summed E-state index contributed by atoms with van der Waals surface area (Å²) >= 11 is 6.20. The largest absolute Gasteiger partial charge is 0.466 e. The Morgan fingerprint density at radius 3 is 2.57 bits per heavy atom. The van der Waals surface area contributed by atoms with Crippen LogP contribution in [-0.4, -0.2) is 73.4 Å². The fourth-order valence-corrected chi connectivity index (χ4v) is 5.64. The maximum absolute atomic E-state index is 13.9. The van der Waals surface area contributed by atoms with Gasteiger partial charge in [0.2, 0.25) is 6.10 Å². The molecule has 0 radical (unpaired) electrons. The number of rotatable bonds is 6. The second-order valence-corrected chi connectivity index (χ2v) is 10.4. The molecule has 2 N–H and O–H groups in total. The van der Waals surface area contributed by atoms with Crippen molar-refractivity contribution in [3.05, 3.63) is 64.2 Å². The van der Waals surface area contributed by atoms with Crippen LogP contribution in [0, 0.1) is 11.6 Å². The first kappa shape index (κ1) is 31.3. The van der Waals surface area contributed by atoms with E-state index in [-0.39, 0.29) is 24.5 Å². The standard InChI is InChI=1S/C27H27ClF2N4O7.ClH/c1-39-23(35)22-21(15-3-5-18(29)19(30)13-15)34(26(38)40-22)24(36)31-9-2-10-33-11-7-27(8-12-33)17-14-16(28)4-6-20(17)32-25(37)41-27;/h3-6,13-14,21-22H,2,7-12H2,1H3,(H,31,36)(H,32,37);1H/t21-,22-;/m0./s1. The number of hydrogen-bond donors (Lipinski definition) is 2. The van der Waals surface area contributed by atoms with E-state index in [1.165, 1.54) is 0 Å². The molecule has 5 rings (SSSR count). The smallest absolute Gasteiger partial charge is 0.419 e. The minimum atomic E-state index is -1.55. The van der Waals surface area contributed by atoms with Crippen LogP contribution in [0.1, 0.15) is 36.4 Å². The molecule has 0 aliphatic carbocycles. The number of carbonyl (C=O) groups excluding carboxylic acids is 4. The molecule has 42 heavy (non-hydrogen) atoms. The molecule has 2 atom stereocenters. The van der Waals surface area contributed by atoms with Gasteiger partial charge in [0.25, 0.3) is 0 Å². The molecule has 15 heteroatoms. The number of imide groups is 1. The Morgan fingerprint density at radius 1 is 1.14 bits per heavy atom. The summed E-state index contributed by atoms with van der Waals surface area (Å²) in [6, 6.07) is 5.86. The first-order valence-corrected chi connectivity index (χ1v) is 13.3. The van der Waals surface area contributed by atoms with Crippen molar-refractivity contribution in [1.29, 1.82) is 0 Å². The van der Waals surface area contributed by atoms with Gasteiger partial charge in [-0.3, -0.25) is 5.32 Å². The average Bonchev–Trinajstić information content (AvgIpc) is 3.30. The normalized spacial score (nSPS) is 21.0. The van der Waals surface area contributed by atoms with Gasteiger partial charge in [0.15, 0.2) is 11.6 Å². The van der Waals surface area contributed by atoms with Crippen molar-refractivity contribution in [2.24, 2.45) is 0 Å². The van der Waals surface area contributed by atoms with Gasteiger partial charge in [-0.2, -0.15) is 0 Å². The maximum atomic E-state index is 13.9. The maximum Gasteiger partial charge on any atom is 0.419 e. The van der Waals surface area contributed by atoms with Crippen LogP contribution in [0.4, 0.5) is 28.9 Å². The number of fused-ring (bicyclic) bond motifs is 2. The zero-order chi connectivity index (χ0) is 29.3. The predicted octanol–water partition coefficient (Wildman–Crippen LogP) is 4.73. The number of benzene rings is 2. The minimum Gasteiger partial charge on any atom is -0.466 e. The summed E-state index contributed by atoms with van der Waals surface area (Å²) in [7, 11) is 1.08. The van der Waals surface area contributed by atoms with Crippen molar-refractivity contribution in [2.45, 2.75) is 37.0 Å². The lowest BCUT2D eigenvalue weighted by Gasteiger charge is -2.44. The van der Waals surface area contributed by atoms with Crippen LogP contribution in [0.3, 0.4) is 0 Å². The number of likely N-dealkylation sites (tertiary alicyclic amines) is 1. The van der Waals surface area contributed by atoms with Gasteiger partial charge in [0.05, 0.1) is 12.8 Å². The average molecular weight is 629 g/mol. The molecule has 3 aliphatic rings. The number of ether oxygens (including phenoxy) is 3. The molecule has 0 aromatic heterocycles. The van der Waals surface area contributed by atoms with E-state index in [9.17, 15) is 28.0 Å². The van der Waals surface area contributed by atoms with Crippen LogP contribution in [0.25, 0.3) is 0 Å². The molecular weight excluding hydrogens is 601 g/mol. The highest BCUT2D eigenvalue weighted by Gasteiger charge is 2.51. The molecule has 226 valence electrons. The van der Waals surface area contributed by atoms with Crippen LogP contribution < -0.4 is 10.6 Å². The molecule has 2 fully saturated rings. The molecule has 2 aromatic rings. The molecule has 11 nitrogen and oxygen atoms in total. The van der Waals surface area contributed by atoms with Gasteiger partial charge in [0.1, 0.15) is 11.6 Å². The molecule has 0 saturated carbocycles. The summed E-state index contributed by atoms with van der Waals surface area (Å²) < 4.78 is 42.9. The van der Waals surface area contributed by atoms with Crippen molar-refractivity contribution in [3.63, 3.8) is 0 Å². The third kappa shape index (κ3) is 6.08. The number of amides is 4. The highest BCUT2D eigenvalue weighted by molar-refractivity contribution is 6.30. The molecule has 3 heterocycles. The van der Waals surface area contributed by atoms with Gasteiger partial charge in [-0.25, -0.2) is 32.9 Å². The topological polar surface area (TPSA) is 127 Å². The number of hydrogen-bond acceptors (Lipinski definition) is 8. The second kappa shape index (κ2) is 12.7. The van der Waals surface area contributed by atoms with E-state index in [0.717, 1.165) is 30.9 Å². The van der Waals surface area contributed by atoms with Gasteiger partial charge in [-0.1, -0.05) is 17.7 Å². The Balaban J connectivity index is 0.00000405. The zero-order valence-corrected chi connectivity index (χ0v) is 23.9. The number of urea groups is 1. The molecule has 3 aliphatic heterocycles. The minimum absolute atomic E-state index is 0. The number of cyclic esters (lactones) is 1. The summed E-state index contributed by atoms with van der Waals surface area (Å²) in [6.45, 7) is 2.04. The highest BCUT2D eigenvalue weighted by atomic mass is 35.5. The summed E-state index contributed by atoms with van der Waals surface area (Å²) in [4.78, 5) is 52.8. The number of halogens is 4. The molecule has 1 spiro atoms. The summed E-state index contributed by atoms with van der Waals surface area (Å²) in [5, 5.41) is 5.88. The molecule has 0 unspecified atom stereocenters. The van der Waals surface area contributed by atoms with Gasteiger partial charge >= 0.3 is 24.2 Å². The number of methoxy groups -OCH3 is 1. The van der Waals surface area contributed by atoms with Crippen LogP contribution >= 0.6 is 24.0 Å². The van der Waals surface area contributed by atoms with Crippen molar-refractivity contribution < 1.29 is 42.2 Å². The first-order valence-electron chi connectivity index (χ1n) is 12.9. The number of nitrogens with zero attached hydrogens (tertiary/aromatic N) is 2. The quantitative estimate of drug-likeness (QED) is 0.267. The lowest BCUT2D eigenvalue weighted by molar-refractivity contribution is -0.150. The van der Waals surface area contributed by atoms with E-state index in [1.807, 2.05) is 6.07 Å². The summed E-state index contributed by atoms with van der Waals surface area (Å²) in [5.74, 6) is -3.28. The number of anilines is 1. The Kier molecular flexibility index (Phi) is 9.43. The Bertz CT molecular complexity index is 1390. The van der Waals surface area contributed by atoms with Crippen LogP contribution in [0.2, 0.25) is 5.02 Å². The van der Waals surface area contributed by atoms with Crippen LogP contribution in [-0.2, 0) is 24.6 Å². The number of carbonyl (C=O) groups is 4. The summed E-state index contributed by atoms with van der Waals surface area (Å²) in [6.07, 6.45) is -1.54. The molecule has 2 saturated heterocycles.